The van der Waals surface area contributed by atoms with Gasteiger partial charge in [-0.05, 0) is 39.3 Å². The van der Waals surface area contributed by atoms with Crippen LogP contribution in [0, 0.1) is 0 Å². The molecule has 2 rings (SSSR count). The third-order valence-corrected chi connectivity index (χ3v) is 4.44. The van der Waals surface area contributed by atoms with Gasteiger partial charge in [0.25, 0.3) is 0 Å². The first-order chi connectivity index (χ1) is 7.90. The standard InChI is InChI=1S/C13H22N2S/c1-14-9-5-8-12-10-16-13(15-12)11-6-3-2-4-7-11/h10-11,14H,2-9H2,1H3. The highest BCUT2D eigenvalue weighted by Gasteiger charge is 2.18. The van der Waals surface area contributed by atoms with Gasteiger partial charge in [0, 0.05) is 11.3 Å². The van der Waals surface area contributed by atoms with Gasteiger partial charge in [0.15, 0.2) is 0 Å². The van der Waals surface area contributed by atoms with Crippen LogP contribution in [-0.2, 0) is 6.42 Å². The Morgan fingerprint density at radius 1 is 1.38 bits per heavy atom. The predicted molar refractivity (Wildman–Crippen MR) is 70.2 cm³/mol. The van der Waals surface area contributed by atoms with Crippen LogP contribution in [0.5, 0.6) is 0 Å². The number of nitrogens with zero attached hydrogens (tertiary/aromatic N) is 1. The second-order valence-electron chi connectivity index (χ2n) is 4.72. The molecule has 0 aromatic carbocycles. The average Bonchev–Trinajstić information content (AvgIpc) is 2.79. The van der Waals surface area contributed by atoms with Crippen molar-refractivity contribution in [3.63, 3.8) is 0 Å². The quantitative estimate of drug-likeness (QED) is 0.796. The average molecular weight is 238 g/mol. The molecule has 1 aliphatic rings. The SMILES string of the molecule is CNCCCc1csc(C2CCCCC2)n1. The molecule has 90 valence electrons. The molecule has 1 aromatic heterocycles. The maximum atomic E-state index is 4.80. The summed E-state index contributed by atoms with van der Waals surface area (Å²) in [5, 5.41) is 6.85. The molecule has 0 atom stereocenters. The number of hydrogen-bond acceptors (Lipinski definition) is 3. The molecule has 0 radical (unpaired) electrons. The van der Waals surface area contributed by atoms with Gasteiger partial charge in [-0.25, -0.2) is 4.98 Å². The summed E-state index contributed by atoms with van der Waals surface area (Å²) in [4.78, 5) is 4.80. The van der Waals surface area contributed by atoms with E-state index in [2.05, 4.69) is 10.7 Å². The lowest BCUT2D eigenvalue weighted by molar-refractivity contribution is 0.442. The van der Waals surface area contributed by atoms with Crippen molar-refractivity contribution < 1.29 is 0 Å². The Hall–Kier alpha value is -0.410. The Labute approximate surface area is 102 Å². The van der Waals surface area contributed by atoms with E-state index >= 15 is 0 Å². The van der Waals surface area contributed by atoms with Gasteiger partial charge in [0.05, 0.1) is 10.7 Å². The van der Waals surface area contributed by atoms with Crippen LogP contribution in [0.1, 0.15) is 55.1 Å². The monoisotopic (exact) mass is 238 g/mol. The van der Waals surface area contributed by atoms with E-state index in [0.29, 0.717) is 0 Å². The fraction of sp³-hybridized carbons (Fsp3) is 0.769. The van der Waals surface area contributed by atoms with Crippen molar-refractivity contribution in [2.45, 2.75) is 50.9 Å². The fourth-order valence-corrected chi connectivity index (χ4v) is 3.45. The fourth-order valence-electron chi connectivity index (χ4n) is 2.42. The first-order valence-electron chi connectivity index (χ1n) is 6.49. The molecular weight excluding hydrogens is 216 g/mol. The van der Waals surface area contributed by atoms with Crippen molar-refractivity contribution in [3.8, 4) is 0 Å². The van der Waals surface area contributed by atoms with Crippen LogP contribution in [0.2, 0.25) is 0 Å². The van der Waals surface area contributed by atoms with Gasteiger partial charge < -0.3 is 5.32 Å². The van der Waals surface area contributed by atoms with Gasteiger partial charge in [0.1, 0.15) is 0 Å². The molecule has 1 saturated carbocycles. The van der Waals surface area contributed by atoms with E-state index in [9.17, 15) is 0 Å². The van der Waals surface area contributed by atoms with Crippen molar-refractivity contribution in [1.82, 2.24) is 10.3 Å². The molecule has 0 unspecified atom stereocenters. The van der Waals surface area contributed by atoms with Crippen molar-refractivity contribution in [2.75, 3.05) is 13.6 Å². The summed E-state index contributed by atoms with van der Waals surface area (Å²) in [6.07, 6.45) is 9.29. The molecule has 1 N–H and O–H groups in total. The molecule has 2 nitrogen and oxygen atoms in total. The van der Waals surface area contributed by atoms with Crippen LogP contribution >= 0.6 is 11.3 Å². The summed E-state index contributed by atoms with van der Waals surface area (Å²) < 4.78 is 0. The van der Waals surface area contributed by atoms with Gasteiger partial charge in [-0.2, -0.15) is 0 Å². The predicted octanol–water partition coefficient (Wildman–Crippen LogP) is 3.34. The summed E-state index contributed by atoms with van der Waals surface area (Å²) >= 11 is 1.88. The minimum absolute atomic E-state index is 0.775. The first kappa shape index (κ1) is 12.1. The van der Waals surface area contributed by atoms with Crippen LogP contribution in [0.3, 0.4) is 0 Å². The van der Waals surface area contributed by atoms with Gasteiger partial charge in [0.2, 0.25) is 0 Å². The van der Waals surface area contributed by atoms with Crippen molar-refractivity contribution in [2.24, 2.45) is 0 Å². The highest BCUT2D eigenvalue weighted by molar-refractivity contribution is 7.09. The van der Waals surface area contributed by atoms with Crippen molar-refractivity contribution in [1.29, 1.82) is 0 Å². The highest BCUT2D eigenvalue weighted by atomic mass is 32.1. The molecule has 0 bridgehead atoms. The third kappa shape index (κ3) is 3.29. The normalized spacial score (nSPS) is 17.8. The molecule has 16 heavy (non-hydrogen) atoms. The van der Waals surface area contributed by atoms with Crippen LogP contribution in [0.25, 0.3) is 0 Å². The van der Waals surface area contributed by atoms with E-state index in [1.807, 2.05) is 18.4 Å². The zero-order valence-electron chi connectivity index (χ0n) is 10.2. The zero-order chi connectivity index (χ0) is 11.2. The van der Waals surface area contributed by atoms with Crippen LogP contribution in [-0.4, -0.2) is 18.6 Å². The van der Waals surface area contributed by atoms with Gasteiger partial charge in [-0.1, -0.05) is 19.3 Å². The molecule has 1 fully saturated rings. The van der Waals surface area contributed by atoms with Crippen LogP contribution < -0.4 is 5.32 Å². The largest absolute Gasteiger partial charge is 0.320 e. The van der Waals surface area contributed by atoms with E-state index in [1.165, 1.54) is 49.2 Å². The lowest BCUT2D eigenvalue weighted by Gasteiger charge is -2.18. The number of hydrogen-bond donors (Lipinski definition) is 1. The summed E-state index contributed by atoms with van der Waals surface area (Å²) in [6, 6.07) is 0. The molecule has 0 amide bonds. The van der Waals surface area contributed by atoms with Gasteiger partial charge >= 0.3 is 0 Å². The summed E-state index contributed by atoms with van der Waals surface area (Å²) in [6.45, 7) is 1.09. The second kappa shape index (κ2) is 6.36. The molecule has 0 spiro atoms. The van der Waals surface area contributed by atoms with E-state index < -0.39 is 0 Å². The minimum Gasteiger partial charge on any atom is -0.320 e. The van der Waals surface area contributed by atoms with Crippen molar-refractivity contribution >= 4 is 11.3 Å². The topological polar surface area (TPSA) is 24.9 Å². The smallest absolute Gasteiger partial charge is 0.0959 e. The van der Waals surface area contributed by atoms with E-state index in [4.69, 9.17) is 4.98 Å². The van der Waals surface area contributed by atoms with Crippen molar-refractivity contribution in [3.05, 3.63) is 16.1 Å². The van der Waals surface area contributed by atoms with E-state index in [-0.39, 0.29) is 0 Å². The zero-order valence-corrected chi connectivity index (χ0v) is 11.0. The van der Waals surface area contributed by atoms with E-state index in [0.717, 1.165) is 18.9 Å². The molecular formula is C13H22N2S. The Balaban J connectivity index is 1.85. The number of rotatable bonds is 5. The molecule has 1 aromatic rings. The van der Waals surface area contributed by atoms with Crippen LogP contribution in [0.15, 0.2) is 5.38 Å². The highest BCUT2D eigenvalue weighted by Crippen LogP contribution is 2.34. The number of aryl methyl sites for hydroxylation is 1. The molecule has 0 aliphatic heterocycles. The Kier molecular flexibility index (Phi) is 4.79. The second-order valence-corrected chi connectivity index (χ2v) is 5.61. The first-order valence-corrected chi connectivity index (χ1v) is 7.37. The molecule has 0 saturated heterocycles. The van der Waals surface area contributed by atoms with Crippen LogP contribution in [0.4, 0.5) is 0 Å². The third-order valence-electron chi connectivity index (χ3n) is 3.38. The Bertz CT molecular complexity index is 303. The lowest BCUT2D eigenvalue weighted by atomic mass is 9.90. The Morgan fingerprint density at radius 2 is 2.19 bits per heavy atom. The number of aromatic nitrogens is 1. The maximum Gasteiger partial charge on any atom is 0.0959 e. The molecule has 1 heterocycles. The van der Waals surface area contributed by atoms with Gasteiger partial charge in [-0.3, -0.25) is 0 Å². The Morgan fingerprint density at radius 3 is 2.94 bits per heavy atom. The number of thiazole rings is 1. The summed E-state index contributed by atoms with van der Waals surface area (Å²) in [7, 11) is 2.01. The van der Waals surface area contributed by atoms with Gasteiger partial charge in [-0.15, -0.1) is 11.3 Å². The summed E-state index contributed by atoms with van der Waals surface area (Å²) in [5.41, 5.74) is 1.31. The minimum atomic E-state index is 0.775. The number of nitrogens with one attached hydrogen (secondary N) is 1. The molecule has 1 aliphatic carbocycles. The van der Waals surface area contributed by atoms with E-state index in [1.54, 1.807) is 0 Å². The summed E-state index contributed by atoms with van der Waals surface area (Å²) in [5.74, 6) is 0.775. The molecule has 3 heteroatoms. The maximum absolute atomic E-state index is 4.80. The lowest BCUT2D eigenvalue weighted by Crippen LogP contribution is -2.08.